The third-order valence-electron chi connectivity index (χ3n) is 3.42. The molecule has 23 heavy (non-hydrogen) atoms. The van der Waals surface area contributed by atoms with Gasteiger partial charge in [0.2, 0.25) is 0 Å². The molecule has 0 bridgehead atoms. The lowest BCUT2D eigenvalue weighted by atomic mass is 10.1. The Morgan fingerprint density at radius 3 is 3.13 bits per heavy atom. The van der Waals surface area contributed by atoms with Gasteiger partial charge in [-0.2, -0.15) is 0 Å². The molecule has 1 atom stereocenters. The Bertz CT molecular complexity index is 560. The van der Waals surface area contributed by atoms with E-state index < -0.39 is 0 Å². The predicted octanol–water partition coefficient (Wildman–Crippen LogP) is 1.60. The first kappa shape index (κ1) is 17.6. The first-order chi connectivity index (χ1) is 11.1. The molecule has 1 unspecified atom stereocenters. The summed E-state index contributed by atoms with van der Waals surface area (Å²) in [6.45, 7) is 6.66. The van der Waals surface area contributed by atoms with Crippen molar-refractivity contribution in [2.45, 2.75) is 12.5 Å². The average Bonchev–Trinajstić information content (AvgIpc) is 2.56. The van der Waals surface area contributed by atoms with Crippen molar-refractivity contribution in [3.63, 3.8) is 0 Å². The zero-order valence-corrected chi connectivity index (χ0v) is 13.7. The van der Waals surface area contributed by atoms with Crippen molar-refractivity contribution in [2.24, 2.45) is 0 Å². The molecule has 1 aromatic carbocycles. The third-order valence-corrected chi connectivity index (χ3v) is 3.75. The first-order valence-corrected chi connectivity index (χ1v) is 7.93. The van der Waals surface area contributed by atoms with E-state index in [0.29, 0.717) is 54.7 Å². The molecule has 6 nitrogen and oxygen atoms in total. The molecule has 1 aromatic rings. The van der Waals surface area contributed by atoms with Gasteiger partial charge in [0, 0.05) is 25.7 Å². The molecule has 0 saturated carbocycles. The van der Waals surface area contributed by atoms with Gasteiger partial charge in [0.15, 0.2) is 0 Å². The summed E-state index contributed by atoms with van der Waals surface area (Å²) in [6.07, 6.45) is 2.37. The maximum Gasteiger partial charge on any atom is 0.255 e. The molecule has 126 valence electrons. The average molecular weight is 340 g/mol. The number of hydrogen-bond donors (Lipinski definition) is 3. The Morgan fingerprint density at radius 1 is 1.61 bits per heavy atom. The summed E-state index contributed by atoms with van der Waals surface area (Å²) in [7, 11) is 0. The standard InChI is InChI=1S/C16H22ClN3O3/c1-2-3-5-23-15-8-14(18)13(17)7-12(15)16(21)20-10-11-9-19-4-6-22-11/h2,7-8,11,19H,1,3-6,9-10,18H2,(H,20,21). The fourth-order valence-electron chi connectivity index (χ4n) is 2.17. The van der Waals surface area contributed by atoms with Crippen LogP contribution in [0.1, 0.15) is 16.8 Å². The second-order valence-corrected chi connectivity index (χ2v) is 5.61. The van der Waals surface area contributed by atoms with Crippen LogP contribution in [0.5, 0.6) is 5.75 Å². The molecule has 1 heterocycles. The molecule has 4 N–H and O–H groups in total. The van der Waals surface area contributed by atoms with Gasteiger partial charge >= 0.3 is 0 Å². The maximum absolute atomic E-state index is 12.4. The molecule has 1 saturated heterocycles. The molecule has 0 radical (unpaired) electrons. The van der Waals surface area contributed by atoms with Crippen molar-refractivity contribution in [3.05, 3.63) is 35.4 Å². The van der Waals surface area contributed by atoms with Crippen molar-refractivity contribution in [2.75, 3.05) is 38.6 Å². The van der Waals surface area contributed by atoms with Crippen LogP contribution in [0.25, 0.3) is 0 Å². The number of anilines is 1. The van der Waals surface area contributed by atoms with E-state index >= 15 is 0 Å². The van der Waals surface area contributed by atoms with E-state index in [-0.39, 0.29) is 12.0 Å². The Morgan fingerprint density at radius 2 is 2.43 bits per heavy atom. The molecule has 1 aliphatic rings. The van der Waals surface area contributed by atoms with Gasteiger partial charge in [0.05, 0.1) is 35.6 Å². The van der Waals surface area contributed by atoms with Crippen molar-refractivity contribution in [3.8, 4) is 5.75 Å². The Balaban J connectivity index is 2.04. The second-order valence-electron chi connectivity index (χ2n) is 5.20. The normalized spacial score (nSPS) is 17.5. The monoisotopic (exact) mass is 339 g/mol. The number of carbonyl (C=O) groups is 1. The number of ether oxygens (including phenoxy) is 2. The van der Waals surface area contributed by atoms with Crippen molar-refractivity contribution in [1.29, 1.82) is 0 Å². The van der Waals surface area contributed by atoms with Crippen LogP contribution in [-0.4, -0.2) is 44.9 Å². The van der Waals surface area contributed by atoms with Gasteiger partial charge in [0.25, 0.3) is 5.91 Å². The smallest absolute Gasteiger partial charge is 0.255 e. The molecule has 1 amide bonds. The lowest BCUT2D eigenvalue weighted by molar-refractivity contribution is 0.0287. The van der Waals surface area contributed by atoms with E-state index in [1.54, 1.807) is 12.1 Å². The largest absolute Gasteiger partial charge is 0.492 e. The third kappa shape index (κ3) is 5.13. The van der Waals surface area contributed by atoms with Crippen LogP contribution in [-0.2, 0) is 4.74 Å². The summed E-state index contributed by atoms with van der Waals surface area (Å²) in [5.74, 6) is 0.142. The zero-order chi connectivity index (χ0) is 16.7. The number of morpholine rings is 1. The van der Waals surface area contributed by atoms with Crippen LogP contribution < -0.4 is 21.1 Å². The minimum absolute atomic E-state index is 0.0397. The highest BCUT2D eigenvalue weighted by Crippen LogP contribution is 2.29. The van der Waals surface area contributed by atoms with Crippen LogP contribution in [0.2, 0.25) is 5.02 Å². The SMILES string of the molecule is C=CCCOc1cc(N)c(Cl)cc1C(=O)NCC1CNCCO1. The highest BCUT2D eigenvalue weighted by molar-refractivity contribution is 6.33. The van der Waals surface area contributed by atoms with Crippen LogP contribution in [0.4, 0.5) is 5.69 Å². The van der Waals surface area contributed by atoms with Gasteiger partial charge in [0.1, 0.15) is 5.75 Å². The van der Waals surface area contributed by atoms with Gasteiger partial charge in [-0.25, -0.2) is 0 Å². The van der Waals surface area contributed by atoms with E-state index in [1.165, 1.54) is 6.07 Å². The van der Waals surface area contributed by atoms with E-state index in [4.69, 9.17) is 26.8 Å². The number of nitrogens with one attached hydrogen (secondary N) is 2. The minimum atomic E-state index is -0.269. The van der Waals surface area contributed by atoms with E-state index in [0.717, 1.165) is 6.54 Å². The van der Waals surface area contributed by atoms with Gasteiger partial charge in [-0.1, -0.05) is 17.7 Å². The predicted molar refractivity (Wildman–Crippen MR) is 91.1 cm³/mol. The Kier molecular flexibility index (Phi) is 6.70. The van der Waals surface area contributed by atoms with E-state index in [9.17, 15) is 4.79 Å². The number of amides is 1. The molecule has 0 spiro atoms. The first-order valence-electron chi connectivity index (χ1n) is 7.55. The van der Waals surface area contributed by atoms with Crippen LogP contribution in [0.3, 0.4) is 0 Å². The lowest BCUT2D eigenvalue weighted by Crippen LogP contribution is -2.45. The highest BCUT2D eigenvalue weighted by atomic mass is 35.5. The number of carbonyl (C=O) groups excluding carboxylic acids is 1. The maximum atomic E-state index is 12.4. The van der Waals surface area contributed by atoms with Gasteiger partial charge in [-0.3, -0.25) is 4.79 Å². The summed E-state index contributed by atoms with van der Waals surface area (Å²) in [6, 6.07) is 3.09. The summed E-state index contributed by atoms with van der Waals surface area (Å²) in [5, 5.41) is 6.38. The van der Waals surface area contributed by atoms with Crippen molar-refractivity contribution < 1.29 is 14.3 Å². The summed E-state index contributed by atoms with van der Waals surface area (Å²) < 4.78 is 11.2. The zero-order valence-electron chi connectivity index (χ0n) is 12.9. The minimum Gasteiger partial charge on any atom is -0.492 e. The molecular weight excluding hydrogens is 318 g/mol. The molecule has 1 fully saturated rings. The number of halogens is 1. The van der Waals surface area contributed by atoms with Gasteiger partial charge in [-0.05, 0) is 12.5 Å². The molecule has 0 aromatic heterocycles. The lowest BCUT2D eigenvalue weighted by Gasteiger charge is -2.24. The fraction of sp³-hybridized carbons (Fsp3) is 0.438. The highest BCUT2D eigenvalue weighted by Gasteiger charge is 2.18. The van der Waals surface area contributed by atoms with Crippen LogP contribution in [0, 0.1) is 0 Å². The molecule has 2 rings (SSSR count). The number of benzene rings is 1. The second kappa shape index (κ2) is 8.76. The van der Waals surface area contributed by atoms with E-state index in [2.05, 4.69) is 17.2 Å². The summed E-state index contributed by atoms with van der Waals surface area (Å²) in [5.41, 5.74) is 6.52. The van der Waals surface area contributed by atoms with Crippen molar-refractivity contribution >= 4 is 23.2 Å². The topological polar surface area (TPSA) is 85.6 Å². The molecule has 0 aliphatic carbocycles. The van der Waals surface area contributed by atoms with Crippen molar-refractivity contribution in [1.82, 2.24) is 10.6 Å². The van der Waals surface area contributed by atoms with Crippen LogP contribution in [0.15, 0.2) is 24.8 Å². The van der Waals surface area contributed by atoms with Crippen LogP contribution >= 0.6 is 11.6 Å². The summed E-state index contributed by atoms with van der Waals surface area (Å²) >= 11 is 6.03. The Hall–Kier alpha value is -1.76. The number of rotatable bonds is 7. The summed E-state index contributed by atoms with van der Waals surface area (Å²) in [4.78, 5) is 12.4. The molecule has 7 heteroatoms. The fourth-order valence-corrected chi connectivity index (χ4v) is 2.33. The number of nitrogens with two attached hydrogens (primary N) is 1. The van der Waals surface area contributed by atoms with Gasteiger partial charge < -0.3 is 25.8 Å². The molecule has 1 aliphatic heterocycles. The van der Waals surface area contributed by atoms with Gasteiger partial charge in [-0.15, -0.1) is 6.58 Å². The molecular formula is C16H22ClN3O3. The number of hydrogen-bond acceptors (Lipinski definition) is 5. The number of nitrogen functional groups attached to an aromatic ring is 1. The quantitative estimate of drug-likeness (QED) is 0.399. The Labute approximate surface area is 141 Å². The van der Waals surface area contributed by atoms with E-state index in [1.807, 2.05) is 0 Å².